The number of halogens is 3. The summed E-state index contributed by atoms with van der Waals surface area (Å²) in [5.41, 5.74) is 2.53. The molecule has 0 bridgehead atoms. The second-order valence-electron chi connectivity index (χ2n) is 6.74. The number of imide groups is 1. The fraction of sp³-hybridized carbons (Fsp3) is 0.0435. The first-order valence-corrected chi connectivity index (χ1v) is 9.79. The summed E-state index contributed by atoms with van der Waals surface area (Å²) in [5.74, 6) is -1.74. The lowest BCUT2D eigenvalue weighted by atomic mass is 10.0. The van der Waals surface area contributed by atoms with Gasteiger partial charge in [0, 0.05) is 10.7 Å². The molecule has 1 aliphatic rings. The number of amides is 2. The maximum atomic E-state index is 13.6. The van der Waals surface area contributed by atoms with Crippen LogP contribution in [0.1, 0.15) is 11.1 Å². The molecule has 3 aromatic carbocycles. The number of benzene rings is 3. The molecule has 4 rings (SSSR count). The van der Waals surface area contributed by atoms with Gasteiger partial charge in [0.2, 0.25) is 0 Å². The highest BCUT2D eigenvalue weighted by Gasteiger charge is 2.40. The summed E-state index contributed by atoms with van der Waals surface area (Å²) in [5, 5.41) is 3.39. The largest absolute Gasteiger partial charge is 0.350 e. The highest BCUT2D eigenvalue weighted by atomic mass is 35.5. The molecule has 0 radical (unpaired) electrons. The van der Waals surface area contributed by atoms with Crippen LogP contribution in [0.15, 0.2) is 72.4 Å². The van der Waals surface area contributed by atoms with Gasteiger partial charge in [0.25, 0.3) is 11.8 Å². The van der Waals surface area contributed by atoms with Crippen molar-refractivity contribution in [3.8, 4) is 0 Å². The molecule has 7 heteroatoms. The van der Waals surface area contributed by atoms with E-state index in [1.54, 1.807) is 36.4 Å². The summed E-state index contributed by atoms with van der Waals surface area (Å²) in [7, 11) is 0. The van der Waals surface area contributed by atoms with E-state index in [1.807, 2.05) is 19.1 Å². The van der Waals surface area contributed by atoms with Crippen LogP contribution in [0, 0.1) is 12.7 Å². The van der Waals surface area contributed by atoms with Gasteiger partial charge in [-0.15, -0.1) is 0 Å². The maximum Gasteiger partial charge on any atom is 0.282 e. The van der Waals surface area contributed by atoms with Gasteiger partial charge in [-0.05, 0) is 48.4 Å². The molecule has 0 atom stereocenters. The minimum Gasteiger partial charge on any atom is -0.350 e. The molecule has 1 N–H and O–H groups in total. The van der Waals surface area contributed by atoms with Gasteiger partial charge in [0.05, 0.1) is 16.3 Å². The number of nitrogens with zero attached hydrogens (tertiary/aromatic N) is 1. The normalized spacial score (nSPS) is 13.9. The van der Waals surface area contributed by atoms with Gasteiger partial charge in [-0.2, -0.15) is 0 Å². The second-order valence-corrected chi connectivity index (χ2v) is 7.59. The first-order valence-electron chi connectivity index (χ1n) is 9.03. The zero-order valence-corrected chi connectivity index (χ0v) is 17.3. The molecule has 0 fully saturated rings. The zero-order valence-electron chi connectivity index (χ0n) is 15.7. The molecule has 0 unspecified atom stereocenters. The van der Waals surface area contributed by atoms with Gasteiger partial charge < -0.3 is 5.32 Å². The van der Waals surface area contributed by atoms with Crippen LogP contribution in [0.3, 0.4) is 0 Å². The van der Waals surface area contributed by atoms with E-state index < -0.39 is 17.6 Å². The van der Waals surface area contributed by atoms with Crippen LogP contribution in [-0.4, -0.2) is 11.8 Å². The van der Waals surface area contributed by atoms with Gasteiger partial charge in [0.1, 0.15) is 11.5 Å². The van der Waals surface area contributed by atoms with Crippen LogP contribution in [-0.2, 0) is 9.59 Å². The molecule has 0 aromatic heterocycles. The Bertz CT molecular complexity index is 1210. The Hall–Kier alpha value is -3.15. The lowest BCUT2D eigenvalue weighted by Gasteiger charge is -2.16. The molecule has 150 valence electrons. The predicted molar refractivity (Wildman–Crippen MR) is 117 cm³/mol. The van der Waals surface area contributed by atoms with Crippen molar-refractivity contribution < 1.29 is 14.0 Å². The number of anilines is 2. The van der Waals surface area contributed by atoms with Crippen LogP contribution >= 0.6 is 23.2 Å². The van der Waals surface area contributed by atoms with E-state index in [0.717, 1.165) is 16.5 Å². The van der Waals surface area contributed by atoms with E-state index in [1.165, 1.54) is 12.1 Å². The molecule has 2 amide bonds. The predicted octanol–water partition coefficient (Wildman–Crippen LogP) is 5.84. The van der Waals surface area contributed by atoms with Crippen LogP contribution in [0.5, 0.6) is 0 Å². The van der Waals surface area contributed by atoms with Crippen LogP contribution < -0.4 is 10.2 Å². The Morgan fingerprint density at radius 2 is 1.63 bits per heavy atom. The van der Waals surface area contributed by atoms with Crippen molar-refractivity contribution in [1.82, 2.24) is 0 Å². The molecule has 1 heterocycles. The average molecular weight is 441 g/mol. The molecule has 0 saturated heterocycles. The van der Waals surface area contributed by atoms with Gasteiger partial charge in [0.15, 0.2) is 0 Å². The van der Waals surface area contributed by atoms with Crippen molar-refractivity contribution >= 4 is 52.0 Å². The molecular formula is C23H15Cl2FN2O2. The van der Waals surface area contributed by atoms with E-state index in [9.17, 15) is 14.0 Å². The highest BCUT2D eigenvalue weighted by Crippen LogP contribution is 2.35. The Morgan fingerprint density at radius 1 is 0.900 bits per heavy atom. The summed E-state index contributed by atoms with van der Waals surface area (Å²) in [6, 6.07) is 17.8. The van der Waals surface area contributed by atoms with E-state index in [4.69, 9.17) is 23.2 Å². The van der Waals surface area contributed by atoms with Crippen molar-refractivity contribution in [3.05, 3.63) is 99.4 Å². The lowest BCUT2D eigenvalue weighted by molar-refractivity contribution is -0.120. The Balaban J connectivity index is 1.84. The number of aryl methyl sites for hydroxylation is 1. The molecule has 0 spiro atoms. The minimum absolute atomic E-state index is 0.108. The molecule has 0 saturated carbocycles. The number of rotatable bonds is 4. The van der Waals surface area contributed by atoms with Gasteiger partial charge in [-0.1, -0.05) is 59.6 Å². The van der Waals surface area contributed by atoms with E-state index in [2.05, 4.69) is 5.32 Å². The molecular weight excluding hydrogens is 426 g/mol. The molecule has 1 aliphatic heterocycles. The van der Waals surface area contributed by atoms with Crippen LogP contribution in [0.25, 0.3) is 5.57 Å². The topological polar surface area (TPSA) is 49.4 Å². The lowest BCUT2D eigenvalue weighted by Crippen LogP contribution is -2.32. The summed E-state index contributed by atoms with van der Waals surface area (Å²) >= 11 is 12.0. The van der Waals surface area contributed by atoms with E-state index in [0.29, 0.717) is 16.3 Å². The summed E-state index contributed by atoms with van der Waals surface area (Å²) in [6.07, 6.45) is 0. The first kappa shape index (κ1) is 20.1. The number of hydrogen-bond acceptors (Lipinski definition) is 3. The van der Waals surface area contributed by atoms with Crippen molar-refractivity contribution in [1.29, 1.82) is 0 Å². The van der Waals surface area contributed by atoms with Crippen molar-refractivity contribution in [2.45, 2.75) is 6.92 Å². The zero-order chi connectivity index (χ0) is 21.4. The Labute approximate surface area is 182 Å². The van der Waals surface area contributed by atoms with E-state index >= 15 is 0 Å². The second kappa shape index (κ2) is 7.94. The first-order chi connectivity index (χ1) is 14.4. The third-order valence-electron chi connectivity index (χ3n) is 4.77. The van der Waals surface area contributed by atoms with Crippen molar-refractivity contribution in [2.75, 3.05) is 10.2 Å². The summed E-state index contributed by atoms with van der Waals surface area (Å²) in [4.78, 5) is 27.6. The number of carbonyl (C=O) groups is 2. The van der Waals surface area contributed by atoms with Gasteiger partial charge >= 0.3 is 0 Å². The summed E-state index contributed by atoms with van der Waals surface area (Å²) in [6.45, 7) is 1.86. The monoisotopic (exact) mass is 440 g/mol. The standard InChI is InChI=1S/C23H15Cl2FN2O2/c1-13-7-8-15(24)11-19(13)27-21-20(14-5-3-2-4-6-14)22(29)28(23(21)30)16-9-10-18(26)17(25)12-16/h2-12,27H,1H3. The smallest absolute Gasteiger partial charge is 0.282 e. The quantitative estimate of drug-likeness (QED) is 0.518. The van der Waals surface area contributed by atoms with Gasteiger partial charge in [-0.25, -0.2) is 9.29 Å². The molecule has 3 aromatic rings. The summed E-state index contributed by atoms with van der Waals surface area (Å²) < 4.78 is 13.6. The Morgan fingerprint density at radius 3 is 2.33 bits per heavy atom. The third kappa shape index (κ3) is 3.58. The van der Waals surface area contributed by atoms with Crippen LogP contribution in [0.4, 0.5) is 15.8 Å². The van der Waals surface area contributed by atoms with Crippen LogP contribution in [0.2, 0.25) is 10.0 Å². The fourth-order valence-electron chi connectivity index (χ4n) is 3.24. The molecule has 0 aliphatic carbocycles. The third-order valence-corrected chi connectivity index (χ3v) is 5.29. The van der Waals surface area contributed by atoms with Crippen molar-refractivity contribution in [2.24, 2.45) is 0 Å². The number of nitrogens with one attached hydrogen (secondary N) is 1. The fourth-order valence-corrected chi connectivity index (χ4v) is 3.59. The highest BCUT2D eigenvalue weighted by molar-refractivity contribution is 6.46. The SMILES string of the molecule is Cc1ccc(Cl)cc1NC1=C(c2ccccc2)C(=O)N(c2ccc(F)c(Cl)c2)C1=O. The number of carbonyl (C=O) groups excluding carboxylic acids is 2. The van der Waals surface area contributed by atoms with Gasteiger partial charge in [-0.3, -0.25) is 9.59 Å². The Kier molecular flexibility index (Phi) is 5.33. The van der Waals surface area contributed by atoms with E-state index in [-0.39, 0.29) is 22.0 Å². The average Bonchev–Trinajstić information content (AvgIpc) is 2.97. The minimum atomic E-state index is -0.636. The molecule has 4 nitrogen and oxygen atoms in total. The van der Waals surface area contributed by atoms with Crippen molar-refractivity contribution in [3.63, 3.8) is 0 Å². The number of hydrogen-bond donors (Lipinski definition) is 1. The molecule has 30 heavy (non-hydrogen) atoms. The maximum absolute atomic E-state index is 13.6.